The third-order valence-electron chi connectivity index (χ3n) is 2.12. The third kappa shape index (κ3) is 4.56. The van der Waals surface area contributed by atoms with Gasteiger partial charge in [-0.15, -0.1) is 0 Å². The minimum Gasteiger partial charge on any atom is -0.462 e. The van der Waals surface area contributed by atoms with Crippen molar-refractivity contribution in [1.82, 2.24) is 0 Å². The van der Waals surface area contributed by atoms with E-state index in [9.17, 15) is 4.79 Å². The number of nitrogens with zero attached hydrogens (tertiary/aromatic N) is 1. The molecule has 0 spiro atoms. The molecule has 0 heterocycles. The molecule has 1 aromatic carbocycles. The summed E-state index contributed by atoms with van der Waals surface area (Å²) in [4.78, 5) is 11.5. The zero-order valence-electron chi connectivity index (χ0n) is 9.90. The number of ether oxygens (including phenoxy) is 1. The zero-order valence-corrected chi connectivity index (χ0v) is 9.90. The molecule has 0 bridgehead atoms. The number of rotatable bonds is 6. The van der Waals surface area contributed by atoms with E-state index >= 15 is 0 Å². The Bertz CT molecular complexity index is 393. The van der Waals surface area contributed by atoms with Crippen LogP contribution < -0.4 is 5.32 Å². The maximum Gasteiger partial charge on any atom is 0.338 e. The van der Waals surface area contributed by atoms with E-state index in [1.807, 2.05) is 6.92 Å². The van der Waals surface area contributed by atoms with Gasteiger partial charge in [0.25, 0.3) is 0 Å². The van der Waals surface area contributed by atoms with Crippen LogP contribution in [0.25, 0.3) is 0 Å². The monoisotopic (exact) mass is 232 g/mol. The van der Waals surface area contributed by atoms with Crippen LogP contribution in [0, 0.1) is 11.3 Å². The lowest BCUT2D eigenvalue weighted by molar-refractivity contribution is 0.0505. The standard InChI is InChI=1S/C13H16N2O2/c1-2-10-17-13(16)11-4-6-12(7-5-11)15-9-3-8-14/h4-7,15H,2-3,9-10H2,1H3. The molecule has 0 saturated heterocycles. The maximum absolute atomic E-state index is 11.5. The highest BCUT2D eigenvalue weighted by atomic mass is 16.5. The van der Waals surface area contributed by atoms with Crippen LogP contribution in [-0.2, 0) is 4.74 Å². The van der Waals surface area contributed by atoms with E-state index in [4.69, 9.17) is 10.00 Å². The smallest absolute Gasteiger partial charge is 0.338 e. The molecule has 17 heavy (non-hydrogen) atoms. The second-order valence-corrected chi connectivity index (χ2v) is 3.55. The lowest BCUT2D eigenvalue weighted by Crippen LogP contribution is -2.06. The van der Waals surface area contributed by atoms with Crippen LogP contribution in [0.1, 0.15) is 30.1 Å². The number of nitriles is 1. The maximum atomic E-state index is 11.5. The van der Waals surface area contributed by atoms with Crippen molar-refractivity contribution in [2.24, 2.45) is 0 Å². The first-order valence-electron chi connectivity index (χ1n) is 5.66. The van der Waals surface area contributed by atoms with Crippen LogP contribution in [-0.4, -0.2) is 19.1 Å². The van der Waals surface area contributed by atoms with E-state index < -0.39 is 0 Å². The predicted molar refractivity (Wildman–Crippen MR) is 65.7 cm³/mol. The van der Waals surface area contributed by atoms with E-state index in [0.717, 1.165) is 12.1 Å². The number of carbonyl (C=O) groups is 1. The highest BCUT2D eigenvalue weighted by molar-refractivity contribution is 5.89. The first-order chi connectivity index (χ1) is 8.27. The van der Waals surface area contributed by atoms with Crippen molar-refractivity contribution in [3.63, 3.8) is 0 Å². The fraction of sp³-hybridized carbons (Fsp3) is 0.385. The molecule has 0 aliphatic carbocycles. The molecule has 90 valence electrons. The van der Waals surface area contributed by atoms with Crippen molar-refractivity contribution >= 4 is 11.7 Å². The molecule has 0 saturated carbocycles. The Morgan fingerprint density at radius 1 is 1.41 bits per heavy atom. The van der Waals surface area contributed by atoms with Gasteiger partial charge in [-0.25, -0.2) is 4.79 Å². The van der Waals surface area contributed by atoms with Gasteiger partial charge in [-0.2, -0.15) is 5.26 Å². The van der Waals surface area contributed by atoms with Crippen molar-refractivity contribution in [2.45, 2.75) is 19.8 Å². The molecule has 4 nitrogen and oxygen atoms in total. The number of hydrogen-bond acceptors (Lipinski definition) is 4. The van der Waals surface area contributed by atoms with Crippen molar-refractivity contribution in [1.29, 1.82) is 5.26 Å². The lowest BCUT2D eigenvalue weighted by atomic mass is 10.2. The molecule has 0 amide bonds. The van der Waals surface area contributed by atoms with Crippen molar-refractivity contribution in [3.05, 3.63) is 29.8 Å². The van der Waals surface area contributed by atoms with Crippen LogP contribution in [0.4, 0.5) is 5.69 Å². The summed E-state index contributed by atoms with van der Waals surface area (Å²) in [5, 5.41) is 11.5. The molecule has 1 aromatic rings. The van der Waals surface area contributed by atoms with E-state index in [0.29, 0.717) is 25.1 Å². The summed E-state index contributed by atoms with van der Waals surface area (Å²) in [5.74, 6) is -0.296. The van der Waals surface area contributed by atoms with Gasteiger partial charge in [-0.05, 0) is 30.7 Å². The van der Waals surface area contributed by atoms with Gasteiger partial charge < -0.3 is 10.1 Å². The Balaban J connectivity index is 2.50. The second-order valence-electron chi connectivity index (χ2n) is 3.55. The Labute approximate surface area is 101 Å². The molecule has 4 heteroatoms. The normalized spacial score (nSPS) is 9.41. The molecular formula is C13H16N2O2. The summed E-state index contributed by atoms with van der Waals surface area (Å²) in [7, 11) is 0. The number of hydrogen-bond donors (Lipinski definition) is 1. The largest absolute Gasteiger partial charge is 0.462 e. The second kappa shape index (κ2) is 7.29. The molecule has 0 radical (unpaired) electrons. The van der Waals surface area contributed by atoms with Gasteiger partial charge in [0, 0.05) is 12.2 Å². The van der Waals surface area contributed by atoms with Gasteiger partial charge >= 0.3 is 5.97 Å². The number of esters is 1. The summed E-state index contributed by atoms with van der Waals surface area (Å²) in [6, 6.07) is 9.10. The molecule has 0 fully saturated rings. The molecule has 1 N–H and O–H groups in total. The van der Waals surface area contributed by atoms with Crippen molar-refractivity contribution in [3.8, 4) is 6.07 Å². The van der Waals surface area contributed by atoms with Gasteiger partial charge in [0.05, 0.1) is 24.7 Å². The Kier molecular flexibility index (Phi) is 5.59. The van der Waals surface area contributed by atoms with Crippen LogP contribution >= 0.6 is 0 Å². The van der Waals surface area contributed by atoms with Gasteiger partial charge in [0.2, 0.25) is 0 Å². The van der Waals surface area contributed by atoms with Gasteiger partial charge in [0.15, 0.2) is 0 Å². The average Bonchev–Trinajstić information content (AvgIpc) is 2.37. The minimum atomic E-state index is -0.296. The number of nitrogens with one attached hydrogen (secondary N) is 1. The Hall–Kier alpha value is -2.02. The first-order valence-corrected chi connectivity index (χ1v) is 5.66. The van der Waals surface area contributed by atoms with Crippen LogP contribution in [0.15, 0.2) is 24.3 Å². The van der Waals surface area contributed by atoms with Gasteiger partial charge in [-0.3, -0.25) is 0 Å². The fourth-order valence-electron chi connectivity index (χ4n) is 1.26. The van der Waals surface area contributed by atoms with E-state index in [1.54, 1.807) is 24.3 Å². The minimum absolute atomic E-state index is 0.296. The lowest BCUT2D eigenvalue weighted by Gasteiger charge is -2.06. The van der Waals surface area contributed by atoms with Crippen LogP contribution in [0.3, 0.4) is 0 Å². The zero-order chi connectivity index (χ0) is 12.5. The van der Waals surface area contributed by atoms with E-state index in [-0.39, 0.29) is 5.97 Å². The Morgan fingerprint density at radius 3 is 2.71 bits per heavy atom. The molecule has 0 aromatic heterocycles. The summed E-state index contributed by atoms with van der Waals surface area (Å²) < 4.78 is 5.01. The van der Waals surface area contributed by atoms with Gasteiger partial charge in [-0.1, -0.05) is 6.92 Å². The number of anilines is 1. The van der Waals surface area contributed by atoms with Crippen molar-refractivity contribution < 1.29 is 9.53 Å². The molecule has 0 aliphatic rings. The molecule has 0 unspecified atom stereocenters. The van der Waals surface area contributed by atoms with E-state index in [2.05, 4.69) is 11.4 Å². The quantitative estimate of drug-likeness (QED) is 0.605. The van der Waals surface area contributed by atoms with Gasteiger partial charge in [0.1, 0.15) is 0 Å². The summed E-state index contributed by atoms with van der Waals surface area (Å²) in [6.07, 6.45) is 1.28. The molecule has 0 atom stereocenters. The van der Waals surface area contributed by atoms with E-state index in [1.165, 1.54) is 0 Å². The first kappa shape index (κ1) is 13.0. The Morgan fingerprint density at radius 2 is 2.12 bits per heavy atom. The molecular weight excluding hydrogens is 216 g/mol. The van der Waals surface area contributed by atoms with Crippen molar-refractivity contribution in [2.75, 3.05) is 18.5 Å². The topological polar surface area (TPSA) is 62.1 Å². The summed E-state index contributed by atoms with van der Waals surface area (Å²) in [6.45, 7) is 3.01. The molecule has 1 rings (SSSR count). The van der Waals surface area contributed by atoms with Crippen LogP contribution in [0.2, 0.25) is 0 Å². The highest BCUT2D eigenvalue weighted by Gasteiger charge is 2.05. The number of benzene rings is 1. The fourth-order valence-corrected chi connectivity index (χ4v) is 1.26. The highest BCUT2D eigenvalue weighted by Crippen LogP contribution is 2.10. The summed E-state index contributed by atoms with van der Waals surface area (Å²) in [5.41, 5.74) is 1.44. The number of carbonyl (C=O) groups excluding carboxylic acids is 1. The summed E-state index contributed by atoms with van der Waals surface area (Å²) >= 11 is 0. The third-order valence-corrected chi connectivity index (χ3v) is 2.12. The predicted octanol–water partition coefficient (Wildman–Crippen LogP) is 2.58. The van der Waals surface area contributed by atoms with Crippen LogP contribution in [0.5, 0.6) is 0 Å². The average molecular weight is 232 g/mol. The molecule has 0 aliphatic heterocycles. The SMILES string of the molecule is CCCOC(=O)c1ccc(NCCC#N)cc1.